The minimum absolute atomic E-state index is 0. The van der Waals surface area contributed by atoms with Crippen LogP contribution >= 0.6 is 16.4 Å². The number of rotatable bonds is 18. The maximum Gasteiger partial charge on any atom is 2.00 e. The van der Waals surface area contributed by atoms with Crippen LogP contribution in [0.1, 0.15) is 127 Å². The van der Waals surface area contributed by atoms with Crippen LogP contribution in [0.3, 0.4) is 0 Å². The zero-order chi connectivity index (χ0) is 28.4. The molecule has 2 atom stereocenters. The Balaban J connectivity index is 0.000000280. The van der Waals surface area contributed by atoms with Gasteiger partial charge in [0.05, 0.1) is 0 Å². The van der Waals surface area contributed by atoms with E-state index in [1.807, 2.05) is 0 Å². The fraction of sp³-hybridized carbons (Fsp3) is 0.526. The molecular formula is C38H56P2Ti. The van der Waals surface area contributed by atoms with Crippen LogP contribution in [0.5, 0.6) is 0 Å². The van der Waals surface area contributed by atoms with Crippen molar-refractivity contribution in [3.8, 4) is 21.7 Å². The molecule has 41 heavy (non-hydrogen) atoms. The number of hydrogen-bond acceptors (Lipinski definition) is 0. The van der Waals surface area contributed by atoms with Crippen LogP contribution in [-0.2, 0) is 47.4 Å². The largest absolute Gasteiger partial charge is 2.00 e. The second-order valence-electron chi connectivity index (χ2n) is 11.5. The van der Waals surface area contributed by atoms with Gasteiger partial charge in [-0.1, -0.05) is 142 Å². The molecule has 0 radical (unpaired) electrons. The summed E-state index contributed by atoms with van der Waals surface area (Å²) < 4.78 is 0. The molecule has 0 spiro atoms. The standard InChI is InChI=1S/2C19H28P.Ti/c2*1-3-5-7-13-17-15-20-19(16-11-9-10-12-16)18(17)14-8-6-4-2;/h2*9-12,15,20H,3-8,13-14H2,1-2H3;/q2*-1;+2. The van der Waals surface area contributed by atoms with Gasteiger partial charge in [0.2, 0.25) is 0 Å². The van der Waals surface area contributed by atoms with E-state index in [4.69, 9.17) is 0 Å². The Morgan fingerprint density at radius 2 is 0.902 bits per heavy atom. The zero-order valence-electron chi connectivity index (χ0n) is 26.6. The maximum atomic E-state index is 2.53. The van der Waals surface area contributed by atoms with Gasteiger partial charge < -0.3 is 0 Å². The molecule has 2 unspecified atom stereocenters. The Morgan fingerprint density at radius 3 is 1.22 bits per heavy atom. The van der Waals surface area contributed by atoms with Crippen molar-refractivity contribution in [1.82, 2.24) is 0 Å². The van der Waals surface area contributed by atoms with Gasteiger partial charge in [-0.05, 0) is 27.0 Å². The predicted molar refractivity (Wildman–Crippen MR) is 187 cm³/mol. The second kappa shape index (κ2) is 21.6. The molecule has 0 saturated heterocycles. The molecule has 2 aromatic carbocycles. The van der Waals surface area contributed by atoms with E-state index in [0.29, 0.717) is 0 Å². The summed E-state index contributed by atoms with van der Waals surface area (Å²) in [5.74, 6) is 5.05. The van der Waals surface area contributed by atoms with Crippen LogP contribution in [0.2, 0.25) is 0 Å². The van der Waals surface area contributed by atoms with Gasteiger partial charge in [-0.3, -0.25) is 0 Å². The molecular weight excluding hydrogens is 566 g/mol. The van der Waals surface area contributed by atoms with Gasteiger partial charge in [0.25, 0.3) is 0 Å². The monoisotopic (exact) mass is 622 g/mol. The molecule has 4 rings (SSSR count). The summed E-state index contributed by atoms with van der Waals surface area (Å²) in [5, 5.41) is 3.27. The molecule has 0 N–H and O–H groups in total. The Labute approximate surface area is 271 Å². The first-order valence-corrected chi connectivity index (χ1v) is 18.7. The first-order chi connectivity index (χ1) is 19.7. The summed E-state index contributed by atoms with van der Waals surface area (Å²) in [6.07, 6.45) is 21.3. The van der Waals surface area contributed by atoms with E-state index >= 15 is 0 Å². The van der Waals surface area contributed by atoms with Crippen molar-refractivity contribution in [3.63, 3.8) is 0 Å². The molecule has 0 nitrogen and oxygen atoms in total. The number of unbranched alkanes of at least 4 members (excludes halogenated alkanes) is 8. The van der Waals surface area contributed by atoms with Crippen LogP contribution in [0, 0.1) is 0 Å². The molecule has 0 amide bonds. The van der Waals surface area contributed by atoms with Crippen LogP contribution < -0.4 is 0 Å². The zero-order valence-corrected chi connectivity index (χ0v) is 30.1. The third-order valence-electron chi connectivity index (χ3n) is 8.22. The van der Waals surface area contributed by atoms with Crippen LogP contribution in [0.25, 0.3) is 21.7 Å². The molecule has 0 bridgehead atoms. The number of hydrogen-bond donors (Lipinski definition) is 0. The molecule has 4 aromatic rings. The van der Waals surface area contributed by atoms with E-state index in [1.165, 1.54) is 114 Å². The van der Waals surface area contributed by atoms with Crippen molar-refractivity contribution < 1.29 is 21.7 Å². The molecule has 0 aliphatic carbocycles. The summed E-state index contributed by atoms with van der Waals surface area (Å²) in [5.41, 5.74) is 9.67. The first kappa shape index (κ1) is 36.2. The molecule has 0 fully saturated rings. The van der Waals surface area contributed by atoms with Gasteiger partial charge in [0.1, 0.15) is 0 Å². The third kappa shape index (κ3) is 11.9. The molecule has 0 aliphatic heterocycles. The Morgan fingerprint density at radius 1 is 0.537 bits per heavy atom. The van der Waals surface area contributed by atoms with E-state index in [0.717, 1.165) is 16.4 Å². The van der Waals surface area contributed by atoms with Gasteiger partial charge in [-0.25, -0.2) is 0 Å². The van der Waals surface area contributed by atoms with Crippen LogP contribution in [0.15, 0.2) is 60.1 Å². The molecule has 0 saturated carbocycles. The van der Waals surface area contributed by atoms with Crippen molar-refractivity contribution >= 4 is 16.4 Å². The summed E-state index contributed by atoms with van der Waals surface area (Å²) in [6, 6.07) is 17.8. The average Bonchev–Trinajstić information content (AvgIpc) is 3.78. The van der Waals surface area contributed by atoms with E-state index in [2.05, 4.69) is 87.8 Å². The quantitative estimate of drug-likeness (QED) is 0.0588. The van der Waals surface area contributed by atoms with Gasteiger partial charge in [0, 0.05) is 0 Å². The van der Waals surface area contributed by atoms with Gasteiger partial charge >= 0.3 is 21.7 Å². The topological polar surface area (TPSA) is 0 Å². The third-order valence-corrected chi connectivity index (χ3v) is 11.0. The molecule has 0 aliphatic rings. The number of aryl methyl sites for hydroxylation is 2. The fourth-order valence-corrected chi connectivity index (χ4v) is 8.70. The maximum absolute atomic E-state index is 2.53. The SMILES string of the molecule is CCCCCc1c[pH+][c-](-c2ccc[cH-]2)c1CCCCC.CCCCCc1c[pH+][c-](-c2ccc[cH-]2)c1CCCCC.[Ti+2]. The van der Waals surface area contributed by atoms with Crippen LogP contribution in [-0.4, -0.2) is 0 Å². The van der Waals surface area contributed by atoms with Crippen molar-refractivity contribution in [2.24, 2.45) is 0 Å². The van der Waals surface area contributed by atoms with E-state index in [-0.39, 0.29) is 21.7 Å². The van der Waals surface area contributed by atoms with Crippen LogP contribution in [0.4, 0.5) is 0 Å². The van der Waals surface area contributed by atoms with E-state index in [1.54, 1.807) is 32.8 Å². The van der Waals surface area contributed by atoms with Crippen molar-refractivity contribution in [3.05, 3.63) is 82.4 Å². The van der Waals surface area contributed by atoms with Crippen molar-refractivity contribution in [2.75, 3.05) is 0 Å². The minimum atomic E-state index is 0. The van der Waals surface area contributed by atoms with Gasteiger partial charge in [0.15, 0.2) is 0 Å². The average molecular weight is 623 g/mol. The molecule has 3 heteroatoms. The summed E-state index contributed by atoms with van der Waals surface area (Å²) in [4.78, 5) is 0. The summed E-state index contributed by atoms with van der Waals surface area (Å²) in [7, 11) is 1.79. The molecule has 2 heterocycles. The van der Waals surface area contributed by atoms with E-state index in [9.17, 15) is 0 Å². The van der Waals surface area contributed by atoms with Crippen molar-refractivity contribution in [2.45, 2.75) is 130 Å². The molecule has 222 valence electrons. The predicted octanol–water partition coefficient (Wildman–Crippen LogP) is 13.1. The fourth-order valence-electron chi connectivity index (χ4n) is 5.84. The normalized spacial score (nSPS) is 11.2. The first-order valence-electron chi connectivity index (χ1n) is 16.6. The van der Waals surface area contributed by atoms with Gasteiger partial charge in [-0.2, -0.15) is 46.5 Å². The second-order valence-corrected chi connectivity index (χ2v) is 13.7. The smallest absolute Gasteiger partial charge is 0.183 e. The summed E-state index contributed by atoms with van der Waals surface area (Å²) in [6.45, 7) is 9.16. The van der Waals surface area contributed by atoms with E-state index < -0.39 is 0 Å². The summed E-state index contributed by atoms with van der Waals surface area (Å²) >= 11 is 0. The minimum Gasteiger partial charge on any atom is -0.183 e. The Bertz CT molecular complexity index is 1050. The molecule has 2 aromatic heterocycles. The Kier molecular flexibility index (Phi) is 19.1. The van der Waals surface area contributed by atoms with Crippen molar-refractivity contribution in [1.29, 1.82) is 0 Å². The van der Waals surface area contributed by atoms with Gasteiger partial charge in [-0.15, -0.1) is 35.4 Å². The Hall–Kier alpha value is -1.03.